The van der Waals surface area contributed by atoms with Crippen LogP contribution in [-0.2, 0) is 9.53 Å². The summed E-state index contributed by atoms with van der Waals surface area (Å²) in [6.45, 7) is 10.1. The van der Waals surface area contributed by atoms with Crippen molar-refractivity contribution in [3.8, 4) is 0 Å². The minimum Gasteiger partial charge on any atom is -0.418 e. The molecule has 0 spiro atoms. The quantitative estimate of drug-likeness (QED) is 0.666. The van der Waals surface area contributed by atoms with Crippen LogP contribution in [0.25, 0.3) is 0 Å². The van der Waals surface area contributed by atoms with Crippen LogP contribution in [0.3, 0.4) is 0 Å². The molecule has 1 atom stereocenters. The minimum atomic E-state index is -1.55. The molecule has 2 N–H and O–H groups in total. The Morgan fingerprint density at radius 3 is 2.43 bits per heavy atom. The van der Waals surface area contributed by atoms with Crippen molar-refractivity contribution in [2.75, 3.05) is 52.4 Å². The zero-order chi connectivity index (χ0) is 17.0. The number of nitrogens with zero attached hydrogens (tertiary/aromatic N) is 3. The van der Waals surface area contributed by atoms with Crippen LogP contribution in [0.5, 0.6) is 0 Å². The van der Waals surface area contributed by atoms with Gasteiger partial charge in [0.2, 0.25) is 11.7 Å². The van der Waals surface area contributed by atoms with Gasteiger partial charge in [-0.05, 0) is 6.54 Å². The topological polar surface area (TPSA) is 85.4 Å². The molecule has 0 unspecified atom stereocenters. The molecule has 2 aliphatic rings. The number of amides is 2. The average molecular weight is 328 g/mol. The molecule has 0 aromatic carbocycles. The van der Waals surface area contributed by atoms with Crippen molar-refractivity contribution in [3.05, 3.63) is 0 Å². The number of hydrogen-bond donors (Lipinski definition) is 2. The highest BCUT2D eigenvalue weighted by atomic mass is 16.7. The largest absolute Gasteiger partial charge is 0.418 e. The fraction of sp³-hybridized carbons (Fsp3) is 0.867. The first-order chi connectivity index (χ1) is 10.8. The van der Waals surface area contributed by atoms with Gasteiger partial charge in [0, 0.05) is 59.7 Å². The zero-order valence-corrected chi connectivity index (χ0v) is 14.2. The van der Waals surface area contributed by atoms with Gasteiger partial charge in [0.25, 0.3) is 0 Å². The van der Waals surface area contributed by atoms with E-state index in [1.807, 2.05) is 6.92 Å². The Bertz CT molecular complexity index is 432. The van der Waals surface area contributed by atoms with Gasteiger partial charge in [0.1, 0.15) is 6.04 Å². The highest BCUT2D eigenvalue weighted by molar-refractivity contribution is 5.86. The lowest BCUT2D eigenvalue weighted by Gasteiger charge is -2.42. The van der Waals surface area contributed by atoms with E-state index in [2.05, 4.69) is 10.2 Å². The molecule has 8 heteroatoms. The summed E-state index contributed by atoms with van der Waals surface area (Å²) in [5.74, 6) is -1.60. The van der Waals surface area contributed by atoms with E-state index in [0.29, 0.717) is 32.7 Å². The third-order valence-electron chi connectivity index (χ3n) is 4.20. The zero-order valence-electron chi connectivity index (χ0n) is 14.2. The molecule has 0 aliphatic carbocycles. The first-order valence-corrected chi connectivity index (χ1v) is 8.25. The number of ether oxygens (including phenoxy) is 1. The molecule has 8 nitrogen and oxygen atoms in total. The maximum Gasteiger partial charge on any atom is 0.413 e. The molecule has 0 aromatic rings. The highest BCUT2D eigenvalue weighted by Gasteiger charge is 2.39. The maximum atomic E-state index is 12.9. The number of carbonyl (C=O) groups excluding carboxylic acids is 2. The normalized spacial score (nSPS) is 23.7. The molecular weight excluding hydrogens is 300 g/mol. The summed E-state index contributed by atoms with van der Waals surface area (Å²) in [6.07, 6.45) is -0.637. The summed E-state index contributed by atoms with van der Waals surface area (Å²) < 4.78 is 5.05. The van der Waals surface area contributed by atoms with E-state index < -0.39 is 17.9 Å². The number of nitrogens with one attached hydrogen (secondary N) is 1. The molecule has 2 aliphatic heterocycles. The lowest BCUT2D eigenvalue weighted by Crippen LogP contribution is -2.63. The fourth-order valence-corrected chi connectivity index (χ4v) is 2.92. The SMILES string of the molecule is CCN1CCN(C(=O)OC(C)(C)O)[C@@H](C(=O)N2CCNCC2)C1. The predicted octanol–water partition coefficient (Wildman–Crippen LogP) is -0.711. The molecule has 0 radical (unpaired) electrons. The summed E-state index contributed by atoms with van der Waals surface area (Å²) in [4.78, 5) is 30.6. The van der Waals surface area contributed by atoms with Crippen molar-refractivity contribution >= 4 is 12.0 Å². The van der Waals surface area contributed by atoms with Crippen molar-refractivity contribution < 1.29 is 19.4 Å². The third-order valence-corrected chi connectivity index (χ3v) is 4.20. The number of rotatable bonds is 3. The second-order valence-electron chi connectivity index (χ2n) is 6.49. The van der Waals surface area contributed by atoms with Crippen molar-refractivity contribution in [3.63, 3.8) is 0 Å². The Morgan fingerprint density at radius 2 is 1.87 bits per heavy atom. The van der Waals surface area contributed by atoms with Gasteiger partial charge in [-0.3, -0.25) is 14.6 Å². The average Bonchev–Trinajstić information content (AvgIpc) is 2.52. The van der Waals surface area contributed by atoms with E-state index in [1.165, 1.54) is 18.7 Å². The lowest BCUT2D eigenvalue weighted by molar-refractivity contribution is -0.152. The van der Waals surface area contributed by atoms with Crippen LogP contribution < -0.4 is 5.32 Å². The lowest BCUT2D eigenvalue weighted by atomic mass is 10.1. The third kappa shape index (κ3) is 4.79. The van der Waals surface area contributed by atoms with Gasteiger partial charge >= 0.3 is 6.09 Å². The van der Waals surface area contributed by atoms with Gasteiger partial charge in [0.05, 0.1) is 0 Å². The van der Waals surface area contributed by atoms with Crippen LogP contribution in [0.2, 0.25) is 0 Å². The standard InChI is InChI=1S/C15H28N4O4/c1-4-17-9-10-19(14(21)23-15(2,3)22)12(11-17)13(20)18-7-5-16-6-8-18/h12,16,22H,4-11H2,1-3H3/t12-/m1/s1. The highest BCUT2D eigenvalue weighted by Crippen LogP contribution is 2.17. The Morgan fingerprint density at radius 1 is 1.22 bits per heavy atom. The van der Waals surface area contributed by atoms with E-state index in [-0.39, 0.29) is 5.91 Å². The van der Waals surface area contributed by atoms with E-state index in [0.717, 1.165) is 19.6 Å². The Hall–Kier alpha value is -1.38. The molecule has 0 bridgehead atoms. The van der Waals surface area contributed by atoms with Crippen LogP contribution in [0, 0.1) is 0 Å². The second kappa shape index (κ2) is 7.46. The Labute approximate surface area is 137 Å². The van der Waals surface area contributed by atoms with E-state index in [4.69, 9.17) is 4.74 Å². The van der Waals surface area contributed by atoms with Gasteiger partial charge in [-0.1, -0.05) is 6.92 Å². The molecule has 2 saturated heterocycles. The smallest absolute Gasteiger partial charge is 0.413 e. The van der Waals surface area contributed by atoms with Crippen LogP contribution in [0.15, 0.2) is 0 Å². The molecule has 2 rings (SSSR count). The number of carbonyl (C=O) groups is 2. The van der Waals surface area contributed by atoms with Crippen LogP contribution >= 0.6 is 0 Å². The van der Waals surface area contributed by atoms with Gasteiger partial charge in [-0.2, -0.15) is 0 Å². The summed E-state index contributed by atoms with van der Waals surface area (Å²) in [6, 6.07) is -0.559. The number of hydrogen-bond acceptors (Lipinski definition) is 6. The molecule has 2 fully saturated rings. The monoisotopic (exact) mass is 328 g/mol. The minimum absolute atomic E-state index is 0.0441. The second-order valence-corrected chi connectivity index (χ2v) is 6.49. The van der Waals surface area contributed by atoms with Gasteiger partial charge in [-0.25, -0.2) is 4.79 Å². The number of aliphatic hydroxyl groups is 1. The van der Waals surface area contributed by atoms with E-state index in [9.17, 15) is 14.7 Å². The molecule has 132 valence electrons. The maximum absolute atomic E-state index is 12.9. The number of piperazine rings is 2. The van der Waals surface area contributed by atoms with E-state index in [1.54, 1.807) is 4.90 Å². The Balaban J connectivity index is 2.11. The fourth-order valence-electron chi connectivity index (χ4n) is 2.92. The summed E-state index contributed by atoms with van der Waals surface area (Å²) in [5.41, 5.74) is 0. The van der Waals surface area contributed by atoms with Gasteiger partial charge < -0.3 is 20.1 Å². The van der Waals surface area contributed by atoms with Gasteiger partial charge in [0.15, 0.2) is 0 Å². The van der Waals surface area contributed by atoms with Crippen LogP contribution in [0.1, 0.15) is 20.8 Å². The van der Waals surface area contributed by atoms with Crippen molar-refractivity contribution in [2.45, 2.75) is 32.6 Å². The number of likely N-dealkylation sites (N-methyl/N-ethyl adjacent to an activating group) is 1. The molecule has 2 heterocycles. The predicted molar refractivity (Wildman–Crippen MR) is 84.8 cm³/mol. The molecule has 23 heavy (non-hydrogen) atoms. The van der Waals surface area contributed by atoms with Crippen molar-refractivity contribution in [1.29, 1.82) is 0 Å². The summed E-state index contributed by atoms with van der Waals surface area (Å²) >= 11 is 0. The molecule has 2 amide bonds. The molecule has 0 aromatic heterocycles. The summed E-state index contributed by atoms with van der Waals surface area (Å²) in [7, 11) is 0. The van der Waals surface area contributed by atoms with Crippen molar-refractivity contribution in [2.24, 2.45) is 0 Å². The first-order valence-electron chi connectivity index (χ1n) is 8.25. The summed E-state index contributed by atoms with van der Waals surface area (Å²) in [5, 5.41) is 12.9. The molecular formula is C15H28N4O4. The Kier molecular flexibility index (Phi) is 5.83. The van der Waals surface area contributed by atoms with E-state index >= 15 is 0 Å². The molecule has 0 saturated carbocycles. The van der Waals surface area contributed by atoms with Crippen LogP contribution in [-0.4, -0.2) is 96.0 Å². The van der Waals surface area contributed by atoms with Crippen molar-refractivity contribution in [1.82, 2.24) is 20.0 Å². The van der Waals surface area contributed by atoms with Crippen LogP contribution in [0.4, 0.5) is 4.79 Å². The van der Waals surface area contributed by atoms with Gasteiger partial charge in [-0.15, -0.1) is 0 Å². The first kappa shape index (κ1) is 18.0.